The summed E-state index contributed by atoms with van der Waals surface area (Å²) in [6, 6.07) is 3.51. The molecule has 0 bridgehead atoms. The normalized spacial score (nSPS) is 22.8. The quantitative estimate of drug-likeness (QED) is 0.736. The molecule has 1 aromatic rings. The Morgan fingerprint density at radius 1 is 1.44 bits per heavy atom. The van der Waals surface area contributed by atoms with Crippen LogP contribution < -0.4 is 5.73 Å². The molecule has 0 aromatic heterocycles. The van der Waals surface area contributed by atoms with Crippen molar-refractivity contribution in [2.75, 3.05) is 0 Å². The Morgan fingerprint density at radius 3 is 2.72 bits per heavy atom. The first-order chi connectivity index (χ1) is 8.30. The molecule has 1 nitrogen and oxygen atoms in total. The summed E-state index contributed by atoms with van der Waals surface area (Å²) in [6.45, 7) is 4.30. The first-order valence-corrected chi connectivity index (χ1v) is 7.07. The van der Waals surface area contributed by atoms with Gasteiger partial charge in [-0.3, -0.25) is 0 Å². The van der Waals surface area contributed by atoms with Crippen LogP contribution in [0.1, 0.15) is 32.3 Å². The van der Waals surface area contributed by atoms with E-state index in [1.54, 1.807) is 12.1 Å². The van der Waals surface area contributed by atoms with Gasteiger partial charge < -0.3 is 5.73 Å². The smallest absolute Gasteiger partial charge is 0.150 e. The van der Waals surface area contributed by atoms with Gasteiger partial charge >= 0.3 is 0 Å². The van der Waals surface area contributed by atoms with Crippen LogP contribution in [-0.2, 0) is 0 Å². The number of halogens is 3. The molecule has 0 amide bonds. The van der Waals surface area contributed by atoms with Crippen LogP contribution in [0.3, 0.4) is 0 Å². The summed E-state index contributed by atoms with van der Waals surface area (Å²) in [5.74, 6) is -0.373. The molecule has 18 heavy (non-hydrogen) atoms. The molecule has 0 heterocycles. The zero-order chi connectivity index (χ0) is 13.5. The van der Waals surface area contributed by atoms with Crippen molar-refractivity contribution in [3.8, 4) is 0 Å². The van der Waals surface area contributed by atoms with Crippen molar-refractivity contribution < 1.29 is 4.39 Å². The molecule has 2 rings (SSSR count). The van der Waals surface area contributed by atoms with Gasteiger partial charge in [0.2, 0.25) is 0 Å². The van der Waals surface area contributed by atoms with Gasteiger partial charge in [0.15, 0.2) is 0 Å². The van der Waals surface area contributed by atoms with Crippen molar-refractivity contribution in [2.24, 2.45) is 11.1 Å². The summed E-state index contributed by atoms with van der Waals surface area (Å²) >= 11 is 9.15. The molecule has 0 saturated heterocycles. The van der Waals surface area contributed by atoms with E-state index in [9.17, 15) is 4.39 Å². The third-order valence-electron chi connectivity index (χ3n) is 3.25. The Kier molecular flexibility index (Phi) is 3.86. The van der Waals surface area contributed by atoms with E-state index in [0.29, 0.717) is 10.0 Å². The van der Waals surface area contributed by atoms with E-state index in [1.807, 2.05) is 6.08 Å². The summed E-state index contributed by atoms with van der Waals surface area (Å²) in [5, 5.41) is 0.130. The number of benzene rings is 1. The predicted molar refractivity (Wildman–Crippen MR) is 78.1 cm³/mol. The molecule has 2 N–H and O–H groups in total. The number of allylic oxidation sites excluding steroid dienone is 1. The predicted octanol–water partition coefficient (Wildman–Crippen LogP) is 4.77. The van der Waals surface area contributed by atoms with Crippen molar-refractivity contribution in [2.45, 2.75) is 32.7 Å². The first kappa shape index (κ1) is 14.0. The number of rotatable bonds is 1. The van der Waals surface area contributed by atoms with Gasteiger partial charge in [0.1, 0.15) is 5.82 Å². The molecule has 0 aliphatic heterocycles. The molecule has 98 valence electrons. The molecular formula is C14H16BrClFN. The minimum Gasteiger partial charge on any atom is -0.324 e. The summed E-state index contributed by atoms with van der Waals surface area (Å²) < 4.78 is 14.8. The molecule has 0 saturated carbocycles. The number of hydrogen-bond donors (Lipinski definition) is 1. The van der Waals surface area contributed by atoms with Gasteiger partial charge in [-0.1, -0.05) is 37.6 Å². The Morgan fingerprint density at radius 2 is 2.11 bits per heavy atom. The summed E-state index contributed by atoms with van der Waals surface area (Å²) in [6.07, 6.45) is 3.69. The maximum absolute atomic E-state index is 14.2. The topological polar surface area (TPSA) is 26.0 Å². The van der Waals surface area contributed by atoms with Crippen molar-refractivity contribution in [3.05, 3.63) is 39.1 Å². The van der Waals surface area contributed by atoms with Gasteiger partial charge in [0, 0.05) is 16.1 Å². The van der Waals surface area contributed by atoms with Crippen molar-refractivity contribution in [1.82, 2.24) is 0 Å². The Balaban J connectivity index is 2.47. The second-order valence-corrected chi connectivity index (χ2v) is 6.86. The molecule has 0 fully saturated rings. The van der Waals surface area contributed by atoms with E-state index < -0.39 is 0 Å². The highest BCUT2D eigenvalue weighted by Crippen LogP contribution is 2.41. The highest BCUT2D eigenvalue weighted by atomic mass is 79.9. The maximum atomic E-state index is 14.2. The van der Waals surface area contributed by atoms with Crippen LogP contribution in [0.25, 0.3) is 5.57 Å². The van der Waals surface area contributed by atoms with E-state index in [-0.39, 0.29) is 22.3 Å². The Bertz CT molecular complexity index is 511. The third-order valence-corrected chi connectivity index (χ3v) is 4.51. The summed E-state index contributed by atoms with van der Waals surface area (Å²) in [7, 11) is 0. The molecule has 0 radical (unpaired) electrons. The van der Waals surface area contributed by atoms with Crippen molar-refractivity contribution in [3.63, 3.8) is 0 Å². The van der Waals surface area contributed by atoms with E-state index in [2.05, 4.69) is 29.8 Å². The number of hydrogen-bond acceptors (Lipinski definition) is 1. The molecule has 1 unspecified atom stereocenters. The molecule has 1 atom stereocenters. The monoisotopic (exact) mass is 331 g/mol. The van der Waals surface area contributed by atoms with Gasteiger partial charge in [-0.05, 0) is 45.8 Å². The lowest BCUT2D eigenvalue weighted by Crippen LogP contribution is -2.30. The fraction of sp³-hybridized carbons (Fsp3) is 0.429. The fourth-order valence-electron chi connectivity index (χ4n) is 2.56. The lowest BCUT2D eigenvalue weighted by Gasteiger charge is -2.33. The average Bonchev–Trinajstić information content (AvgIpc) is 2.23. The molecule has 1 aliphatic rings. The standard InChI is InChI=1S/C14H16BrClFN/c1-14(2)6-8(5-9(18)7-14)10-3-4-11(15)12(16)13(10)17/h3-5,9H,6-7,18H2,1-2H3. The van der Waals surface area contributed by atoms with Crippen LogP contribution in [-0.4, -0.2) is 6.04 Å². The second-order valence-electron chi connectivity index (χ2n) is 5.62. The van der Waals surface area contributed by atoms with Crippen LogP contribution in [0.2, 0.25) is 5.02 Å². The molecule has 4 heteroatoms. The SMILES string of the molecule is CC1(C)CC(c2ccc(Br)c(Cl)c2F)=CC(N)C1. The lowest BCUT2D eigenvalue weighted by atomic mass is 9.74. The van der Waals surface area contributed by atoms with Crippen LogP contribution in [0.5, 0.6) is 0 Å². The Labute approximate surface area is 120 Å². The maximum Gasteiger partial charge on any atom is 0.150 e. The summed E-state index contributed by atoms with van der Waals surface area (Å²) in [4.78, 5) is 0. The first-order valence-electron chi connectivity index (χ1n) is 5.90. The minimum atomic E-state index is -0.373. The zero-order valence-electron chi connectivity index (χ0n) is 10.4. The Hall–Kier alpha value is -0.380. The molecule has 0 spiro atoms. The molecule has 1 aliphatic carbocycles. The molecule has 1 aromatic carbocycles. The van der Waals surface area contributed by atoms with Crippen LogP contribution in [0, 0.1) is 11.2 Å². The van der Waals surface area contributed by atoms with Crippen LogP contribution >= 0.6 is 27.5 Å². The highest BCUT2D eigenvalue weighted by Gasteiger charge is 2.29. The zero-order valence-corrected chi connectivity index (χ0v) is 12.8. The van der Waals surface area contributed by atoms with Crippen LogP contribution in [0.4, 0.5) is 4.39 Å². The van der Waals surface area contributed by atoms with Gasteiger partial charge in [0.25, 0.3) is 0 Å². The van der Waals surface area contributed by atoms with E-state index >= 15 is 0 Å². The average molecular weight is 333 g/mol. The largest absolute Gasteiger partial charge is 0.324 e. The number of nitrogens with two attached hydrogens (primary N) is 1. The van der Waals surface area contributed by atoms with Gasteiger partial charge in [-0.25, -0.2) is 4.39 Å². The fourth-order valence-corrected chi connectivity index (χ4v) is 3.03. The van der Waals surface area contributed by atoms with Crippen LogP contribution in [0.15, 0.2) is 22.7 Å². The minimum absolute atomic E-state index is 0.0226. The van der Waals surface area contributed by atoms with E-state index in [0.717, 1.165) is 18.4 Å². The van der Waals surface area contributed by atoms with Crippen molar-refractivity contribution >= 4 is 33.1 Å². The van der Waals surface area contributed by atoms with Gasteiger partial charge in [-0.2, -0.15) is 0 Å². The van der Waals surface area contributed by atoms with Gasteiger partial charge in [0.05, 0.1) is 5.02 Å². The van der Waals surface area contributed by atoms with E-state index in [1.165, 1.54) is 0 Å². The highest BCUT2D eigenvalue weighted by molar-refractivity contribution is 9.10. The lowest BCUT2D eigenvalue weighted by molar-refractivity contribution is 0.318. The summed E-state index contributed by atoms with van der Waals surface area (Å²) in [5.41, 5.74) is 7.62. The van der Waals surface area contributed by atoms with Gasteiger partial charge in [-0.15, -0.1) is 0 Å². The third kappa shape index (κ3) is 2.79. The van der Waals surface area contributed by atoms with E-state index in [4.69, 9.17) is 17.3 Å². The van der Waals surface area contributed by atoms with Crippen molar-refractivity contribution in [1.29, 1.82) is 0 Å². The molecular weight excluding hydrogens is 317 g/mol. The second kappa shape index (κ2) is 4.95.